The van der Waals surface area contributed by atoms with E-state index < -0.39 is 42.4 Å². The number of rotatable bonds is 8. The smallest absolute Gasteiger partial charge is 0.450 e. The van der Waals surface area contributed by atoms with Gasteiger partial charge in [0.05, 0.1) is 0 Å². The van der Waals surface area contributed by atoms with Crippen LogP contribution < -0.4 is 4.18 Å². The lowest BCUT2D eigenvalue weighted by Crippen LogP contribution is -2.61. The molecule has 0 heterocycles. The van der Waals surface area contributed by atoms with Crippen LogP contribution in [0.4, 0.5) is 26.3 Å². The topological polar surface area (TPSA) is 101 Å². The number of benzene rings is 1. The maximum Gasteiger partial charge on any atom is 0.450 e. The number of hydrogen-bond acceptors (Lipinski definition) is 6. The average Bonchev–Trinajstić information content (AvgIpc) is 2.52. The molecule has 0 bridgehead atoms. The molecule has 1 aromatic rings. The van der Waals surface area contributed by atoms with E-state index in [1.807, 2.05) is 6.92 Å². The van der Waals surface area contributed by atoms with E-state index >= 15 is 0 Å². The van der Waals surface area contributed by atoms with Gasteiger partial charge in [-0.3, -0.25) is 0 Å². The van der Waals surface area contributed by atoms with E-state index in [0.717, 1.165) is 12.1 Å². The molecule has 1 aromatic carbocycles. The van der Waals surface area contributed by atoms with E-state index in [1.54, 1.807) is 6.92 Å². The second kappa shape index (κ2) is 7.37. The summed E-state index contributed by atoms with van der Waals surface area (Å²) in [4.78, 5) is 0. The zero-order chi connectivity index (χ0) is 22.3. The van der Waals surface area contributed by atoms with Gasteiger partial charge in [-0.15, -0.1) is 0 Å². The van der Waals surface area contributed by atoms with Gasteiger partial charge in [0.1, 0.15) is 5.75 Å². The highest BCUT2D eigenvalue weighted by Gasteiger charge is 2.81. The largest absolute Gasteiger partial charge is 0.743 e. The molecule has 28 heavy (non-hydrogen) atoms. The Morgan fingerprint density at radius 1 is 1.04 bits per heavy atom. The minimum atomic E-state index is -7.33. The fourth-order valence-corrected chi connectivity index (χ4v) is 3.55. The van der Waals surface area contributed by atoms with Crippen LogP contribution in [0.2, 0.25) is 0 Å². The van der Waals surface area contributed by atoms with E-state index in [-0.39, 0.29) is 5.92 Å². The zero-order valence-electron chi connectivity index (χ0n) is 14.6. The molecule has 1 atom stereocenters. The van der Waals surface area contributed by atoms with Crippen LogP contribution >= 0.6 is 0 Å². The highest BCUT2D eigenvalue weighted by molar-refractivity contribution is 7.88. The van der Waals surface area contributed by atoms with Crippen molar-refractivity contribution in [1.29, 1.82) is 0 Å². The zero-order valence-corrected chi connectivity index (χ0v) is 16.2. The minimum Gasteiger partial charge on any atom is -0.743 e. The van der Waals surface area contributed by atoms with Crippen LogP contribution in [0.15, 0.2) is 18.2 Å². The van der Waals surface area contributed by atoms with Gasteiger partial charge in [0.2, 0.25) is 0 Å². The Morgan fingerprint density at radius 2 is 1.54 bits per heavy atom. The Labute approximate surface area is 157 Å². The first-order valence-electron chi connectivity index (χ1n) is 7.47. The third kappa shape index (κ3) is 3.94. The van der Waals surface area contributed by atoms with Crippen molar-refractivity contribution in [3.05, 3.63) is 29.3 Å². The molecule has 0 N–H and O–H groups in total. The van der Waals surface area contributed by atoms with Gasteiger partial charge in [0.25, 0.3) is 0 Å². The highest BCUT2D eigenvalue weighted by atomic mass is 32.2. The summed E-state index contributed by atoms with van der Waals surface area (Å²) in [5.74, 6) is -8.03. The van der Waals surface area contributed by atoms with Crippen molar-refractivity contribution >= 4 is 20.2 Å². The molecular weight excluding hydrogens is 442 g/mol. The summed E-state index contributed by atoms with van der Waals surface area (Å²) < 4.78 is 138. The van der Waals surface area contributed by atoms with Gasteiger partial charge in [0.15, 0.2) is 10.1 Å². The summed E-state index contributed by atoms with van der Waals surface area (Å²) in [6.07, 6.45) is 0.655. The van der Waals surface area contributed by atoms with Crippen molar-refractivity contribution in [2.24, 2.45) is 0 Å². The predicted molar refractivity (Wildman–Crippen MR) is 84.0 cm³/mol. The molecule has 1 unspecified atom stereocenters. The highest BCUT2D eigenvalue weighted by Crippen LogP contribution is 2.50. The second-order valence-electron chi connectivity index (χ2n) is 5.93. The SMILES string of the molecule is CCC(C)c1ccc(OS(=O)(=O)C(F)(F)C(F)(F)C(F)(F)S(=O)(=O)[O-])cc1C. The first kappa shape index (κ1) is 24.5. The van der Waals surface area contributed by atoms with E-state index in [2.05, 4.69) is 4.18 Å². The molecule has 0 saturated heterocycles. The molecule has 0 amide bonds. The average molecular weight is 457 g/mol. The van der Waals surface area contributed by atoms with Crippen LogP contribution in [0.25, 0.3) is 0 Å². The maximum atomic E-state index is 13.7. The fourth-order valence-electron chi connectivity index (χ4n) is 2.14. The van der Waals surface area contributed by atoms with Gasteiger partial charge in [0, 0.05) is 0 Å². The molecule has 0 fully saturated rings. The summed E-state index contributed by atoms with van der Waals surface area (Å²) in [5.41, 5.74) is 0.998. The van der Waals surface area contributed by atoms with Crippen LogP contribution in [0.5, 0.6) is 5.75 Å². The molecule has 0 spiro atoms. The lowest BCUT2D eigenvalue weighted by Gasteiger charge is -2.32. The quantitative estimate of drug-likeness (QED) is 0.336. The molecule has 6 nitrogen and oxygen atoms in total. The lowest BCUT2D eigenvalue weighted by molar-refractivity contribution is -0.247. The minimum absolute atomic E-state index is 0.0302. The Morgan fingerprint density at radius 3 is 1.93 bits per heavy atom. The molecular formula is C14H15F6O6S2-. The van der Waals surface area contributed by atoms with Crippen molar-refractivity contribution in [3.8, 4) is 5.75 Å². The van der Waals surface area contributed by atoms with Crippen LogP contribution in [0, 0.1) is 6.92 Å². The predicted octanol–water partition coefficient (Wildman–Crippen LogP) is 3.58. The monoisotopic (exact) mass is 457 g/mol. The van der Waals surface area contributed by atoms with E-state index in [1.165, 1.54) is 13.0 Å². The van der Waals surface area contributed by atoms with Crippen LogP contribution in [0.1, 0.15) is 37.3 Å². The number of hydrogen-bond donors (Lipinski definition) is 0. The van der Waals surface area contributed by atoms with Crippen molar-refractivity contribution in [1.82, 2.24) is 0 Å². The van der Waals surface area contributed by atoms with Gasteiger partial charge in [-0.1, -0.05) is 19.9 Å². The Balaban J connectivity index is 3.37. The number of aryl methyl sites for hydroxylation is 1. The summed E-state index contributed by atoms with van der Waals surface area (Å²) in [6, 6.07) is 3.00. The summed E-state index contributed by atoms with van der Waals surface area (Å²) >= 11 is 0. The van der Waals surface area contributed by atoms with Gasteiger partial charge < -0.3 is 8.74 Å². The van der Waals surface area contributed by atoms with Crippen LogP contribution in [0.3, 0.4) is 0 Å². The van der Waals surface area contributed by atoms with Gasteiger partial charge in [-0.05, 0) is 42.5 Å². The van der Waals surface area contributed by atoms with E-state index in [4.69, 9.17) is 0 Å². The molecule has 162 valence electrons. The molecule has 1 rings (SSSR count). The molecule has 0 saturated carbocycles. The first-order valence-corrected chi connectivity index (χ1v) is 10.3. The van der Waals surface area contributed by atoms with Gasteiger partial charge >= 0.3 is 26.5 Å². The third-order valence-corrected chi connectivity index (χ3v) is 6.13. The first-order chi connectivity index (χ1) is 12.3. The fraction of sp³-hybridized carbons (Fsp3) is 0.571. The molecule has 14 heteroatoms. The molecule has 0 aliphatic carbocycles. The Bertz CT molecular complexity index is 943. The standard InChI is InChI=1S/C14H16F6O6S2/c1-4-8(2)11-6-5-10(7-9(11)3)26-28(24,25)14(19,20)12(15,16)13(17,18)27(21,22)23/h5-8H,4H2,1-3H3,(H,21,22,23)/p-1. The van der Waals surface area contributed by atoms with Crippen molar-refractivity contribution in [2.45, 2.75) is 49.5 Å². The number of alkyl halides is 6. The van der Waals surface area contributed by atoms with Gasteiger partial charge in [-0.2, -0.15) is 34.8 Å². The normalized spacial score (nSPS) is 15.4. The van der Waals surface area contributed by atoms with Crippen LogP contribution in [-0.4, -0.2) is 37.8 Å². The number of halogens is 6. The van der Waals surface area contributed by atoms with E-state index in [0.29, 0.717) is 17.5 Å². The van der Waals surface area contributed by atoms with Crippen molar-refractivity contribution < 1.29 is 51.9 Å². The lowest BCUT2D eigenvalue weighted by atomic mass is 9.94. The summed E-state index contributed by atoms with van der Waals surface area (Å²) in [6.45, 7) is 5.05. The molecule has 0 aliphatic heterocycles. The molecule has 0 aromatic heterocycles. The maximum absolute atomic E-state index is 13.7. The summed E-state index contributed by atoms with van der Waals surface area (Å²) in [7, 11) is -14.2. The second-order valence-corrected chi connectivity index (χ2v) is 8.94. The Kier molecular flexibility index (Phi) is 6.45. The van der Waals surface area contributed by atoms with Crippen LogP contribution in [-0.2, 0) is 20.2 Å². The molecule has 0 aliphatic rings. The molecule has 0 radical (unpaired) electrons. The van der Waals surface area contributed by atoms with Gasteiger partial charge in [-0.25, -0.2) is 8.42 Å². The van der Waals surface area contributed by atoms with Crippen molar-refractivity contribution in [2.75, 3.05) is 0 Å². The van der Waals surface area contributed by atoms with Crippen molar-refractivity contribution in [3.63, 3.8) is 0 Å². The Hall–Kier alpha value is -1.54. The summed E-state index contributed by atoms with van der Waals surface area (Å²) in [5, 5.41) is -13.7. The third-order valence-electron chi connectivity index (χ3n) is 3.95. The van der Waals surface area contributed by atoms with E-state index in [9.17, 15) is 47.7 Å².